The van der Waals surface area contributed by atoms with Gasteiger partial charge in [-0.05, 0) is 0 Å². The van der Waals surface area contributed by atoms with Crippen LogP contribution in [-0.2, 0) is 24.3 Å². The molecule has 13 heteroatoms. The number of alkyl halides is 3. The monoisotopic (exact) mass is 404 g/mol. The van der Waals surface area contributed by atoms with Crippen molar-refractivity contribution in [2.75, 3.05) is 34.9 Å². The Bertz CT molecular complexity index is 731. The topological polar surface area (TPSA) is 107 Å². The molecular weight excluding hydrogens is 389 g/mol. The molecule has 9 nitrogen and oxygen atoms in total. The van der Waals surface area contributed by atoms with Gasteiger partial charge in [0.15, 0.2) is 19.3 Å². The molecule has 1 aromatic carbocycles. The number of esters is 1. The number of hydrogen-bond acceptors (Lipinski definition) is 9. The summed E-state index contributed by atoms with van der Waals surface area (Å²) in [5, 5.41) is 0. The van der Waals surface area contributed by atoms with Crippen LogP contribution >= 0.6 is 0 Å². The number of hydrogen-bond donors (Lipinski definition) is 0. The zero-order valence-electron chi connectivity index (χ0n) is 13.8. The van der Waals surface area contributed by atoms with Crippen LogP contribution < -0.4 is 13.7 Å². The third-order valence-corrected chi connectivity index (χ3v) is 3.55. The van der Waals surface area contributed by atoms with Crippen LogP contribution in [0.1, 0.15) is 10.4 Å². The fourth-order valence-corrected chi connectivity index (χ4v) is 2.01. The molecule has 0 heterocycles. The van der Waals surface area contributed by atoms with Crippen molar-refractivity contribution in [2.45, 2.75) is 5.51 Å². The smallest absolute Gasteiger partial charge is 0.467 e. The minimum Gasteiger partial charge on any atom is -0.467 e. The molecule has 0 saturated carbocycles. The first-order valence-corrected chi connectivity index (χ1v) is 7.98. The average molecular weight is 404 g/mol. The van der Waals surface area contributed by atoms with Crippen LogP contribution in [0.2, 0.25) is 0 Å². The maximum Gasteiger partial charge on any atom is 0.534 e. The van der Waals surface area contributed by atoms with Gasteiger partial charge in [0.25, 0.3) is 0 Å². The van der Waals surface area contributed by atoms with Gasteiger partial charge in [0.1, 0.15) is 17.1 Å². The lowest BCUT2D eigenvalue weighted by atomic mass is 10.1. The summed E-state index contributed by atoms with van der Waals surface area (Å²) >= 11 is 0. The first-order chi connectivity index (χ1) is 12.1. The Morgan fingerprint density at radius 1 is 1.00 bits per heavy atom. The van der Waals surface area contributed by atoms with Gasteiger partial charge in [-0.1, -0.05) is 0 Å². The minimum absolute atomic E-state index is 0.196. The predicted octanol–water partition coefficient (Wildman–Crippen LogP) is 1.67. The fourth-order valence-electron chi connectivity index (χ4n) is 1.55. The van der Waals surface area contributed by atoms with Crippen molar-refractivity contribution < 1.29 is 54.3 Å². The molecule has 0 aliphatic heterocycles. The Labute approximate surface area is 146 Å². The molecule has 0 fully saturated rings. The van der Waals surface area contributed by atoms with Crippen LogP contribution in [0.25, 0.3) is 0 Å². The molecule has 0 spiro atoms. The normalized spacial score (nSPS) is 11.8. The second-order valence-corrected chi connectivity index (χ2v) is 5.91. The van der Waals surface area contributed by atoms with Gasteiger partial charge in [0.05, 0.1) is 7.11 Å². The van der Waals surface area contributed by atoms with Gasteiger partial charge < -0.3 is 27.9 Å². The molecule has 0 atom stereocenters. The van der Waals surface area contributed by atoms with E-state index in [1.54, 1.807) is 0 Å². The van der Waals surface area contributed by atoms with Crippen LogP contribution in [-0.4, -0.2) is 54.8 Å². The number of methoxy groups -OCH3 is 3. The number of halogens is 3. The highest BCUT2D eigenvalue weighted by Gasteiger charge is 2.49. The summed E-state index contributed by atoms with van der Waals surface area (Å²) < 4.78 is 88.3. The molecule has 0 aliphatic rings. The molecule has 26 heavy (non-hydrogen) atoms. The van der Waals surface area contributed by atoms with E-state index in [2.05, 4.69) is 18.4 Å². The predicted molar refractivity (Wildman–Crippen MR) is 78.4 cm³/mol. The van der Waals surface area contributed by atoms with Crippen molar-refractivity contribution in [3.63, 3.8) is 0 Å². The van der Waals surface area contributed by atoms with E-state index in [0.29, 0.717) is 0 Å². The van der Waals surface area contributed by atoms with Crippen LogP contribution in [0.15, 0.2) is 12.1 Å². The maximum atomic E-state index is 12.6. The molecule has 0 aromatic heterocycles. The molecule has 0 bridgehead atoms. The summed E-state index contributed by atoms with van der Waals surface area (Å²) in [6.45, 7) is -0.740. The van der Waals surface area contributed by atoms with Crippen molar-refractivity contribution in [3.05, 3.63) is 17.7 Å². The number of carbonyl (C=O) groups excluding carboxylic acids is 1. The molecule has 0 unspecified atom stereocenters. The van der Waals surface area contributed by atoms with E-state index in [1.165, 1.54) is 14.2 Å². The summed E-state index contributed by atoms with van der Waals surface area (Å²) in [6, 6.07) is 1.84. The highest BCUT2D eigenvalue weighted by molar-refractivity contribution is 7.88. The number of rotatable bonds is 9. The number of benzene rings is 1. The largest absolute Gasteiger partial charge is 0.534 e. The van der Waals surface area contributed by atoms with Gasteiger partial charge in [0.2, 0.25) is 0 Å². The van der Waals surface area contributed by atoms with E-state index in [1.807, 2.05) is 0 Å². The summed E-state index contributed by atoms with van der Waals surface area (Å²) in [5.74, 6) is -2.80. The van der Waals surface area contributed by atoms with E-state index in [0.717, 1.165) is 19.2 Å². The zero-order chi connectivity index (χ0) is 20.0. The molecule has 148 valence electrons. The van der Waals surface area contributed by atoms with Gasteiger partial charge in [-0.15, -0.1) is 0 Å². The lowest BCUT2D eigenvalue weighted by Gasteiger charge is -2.17. The van der Waals surface area contributed by atoms with Crippen LogP contribution in [0, 0.1) is 0 Å². The Morgan fingerprint density at radius 2 is 1.54 bits per heavy atom. The summed E-state index contributed by atoms with van der Waals surface area (Å²) in [4.78, 5) is 11.9. The quantitative estimate of drug-likeness (QED) is 0.263. The third kappa shape index (κ3) is 5.37. The van der Waals surface area contributed by atoms with Gasteiger partial charge in [0, 0.05) is 26.4 Å². The van der Waals surface area contributed by atoms with Gasteiger partial charge in [-0.3, -0.25) is 0 Å². The van der Waals surface area contributed by atoms with Gasteiger partial charge in [-0.2, -0.15) is 21.6 Å². The number of ether oxygens (including phenoxy) is 5. The highest BCUT2D eigenvalue weighted by Crippen LogP contribution is 2.38. The second kappa shape index (κ2) is 8.91. The molecule has 0 N–H and O–H groups in total. The third-order valence-electron chi connectivity index (χ3n) is 2.59. The van der Waals surface area contributed by atoms with E-state index < -0.39 is 39.7 Å². The Hall–Kier alpha value is -2.25. The molecule has 0 aliphatic carbocycles. The second-order valence-electron chi connectivity index (χ2n) is 4.37. The van der Waals surface area contributed by atoms with Crippen molar-refractivity contribution in [3.8, 4) is 17.2 Å². The van der Waals surface area contributed by atoms with E-state index >= 15 is 0 Å². The van der Waals surface area contributed by atoms with Gasteiger partial charge >= 0.3 is 21.6 Å². The number of carbonyl (C=O) groups is 1. The SMILES string of the molecule is COCOc1cc(OCOC)c(C(=O)OC)c(OS(=O)(=O)C(F)(F)F)c1. The van der Waals surface area contributed by atoms with Crippen LogP contribution in [0.5, 0.6) is 17.2 Å². The zero-order valence-corrected chi connectivity index (χ0v) is 14.6. The van der Waals surface area contributed by atoms with E-state index in [-0.39, 0.29) is 18.3 Å². The lowest BCUT2D eigenvalue weighted by molar-refractivity contribution is -0.0501. The molecule has 1 rings (SSSR count). The van der Waals surface area contributed by atoms with E-state index in [9.17, 15) is 26.4 Å². The summed E-state index contributed by atoms with van der Waals surface area (Å²) in [5.41, 5.74) is -6.43. The standard InChI is InChI=1S/C13H15F3O9S/c1-20-6-23-8-4-9(24-7-21-2)11(12(17)22-3)10(5-8)25-26(18,19)13(14,15)16/h4-5H,6-7H2,1-3H3. The Balaban J connectivity index is 3.52. The van der Waals surface area contributed by atoms with Crippen molar-refractivity contribution >= 4 is 16.1 Å². The molecule has 0 radical (unpaired) electrons. The van der Waals surface area contributed by atoms with Gasteiger partial charge in [-0.25, -0.2) is 4.79 Å². The van der Waals surface area contributed by atoms with Crippen molar-refractivity contribution in [2.24, 2.45) is 0 Å². The maximum absolute atomic E-state index is 12.6. The van der Waals surface area contributed by atoms with Crippen molar-refractivity contribution in [1.82, 2.24) is 0 Å². The molecule has 1 aromatic rings. The van der Waals surface area contributed by atoms with E-state index in [4.69, 9.17) is 9.47 Å². The molecular formula is C13H15F3O9S. The first kappa shape index (κ1) is 21.8. The Kier molecular flexibility index (Phi) is 7.47. The summed E-state index contributed by atoms with van der Waals surface area (Å²) in [6.07, 6.45) is 0. The lowest BCUT2D eigenvalue weighted by Crippen LogP contribution is -2.28. The van der Waals surface area contributed by atoms with Crippen molar-refractivity contribution in [1.29, 1.82) is 0 Å². The Morgan fingerprint density at radius 3 is 2.04 bits per heavy atom. The average Bonchev–Trinajstić information content (AvgIpc) is 2.55. The van der Waals surface area contributed by atoms with Crippen LogP contribution in [0.3, 0.4) is 0 Å². The molecule has 0 saturated heterocycles. The first-order valence-electron chi connectivity index (χ1n) is 6.58. The highest BCUT2D eigenvalue weighted by atomic mass is 32.2. The van der Waals surface area contributed by atoms with Crippen LogP contribution in [0.4, 0.5) is 13.2 Å². The summed E-state index contributed by atoms with van der Waals surface area (Å²) in [7, 11) is -2.62. The molecule has 0 amide bonds. The minimum atomic E-state index is -6.07. The fraction of sp³-hybridized carbons (Fsp3) is 0.462.